The Kier molecular flexibility index (Phi) is 3.01. The maximum atomic E-state index is 11.6. The van der Waals surface area contributed by atoms with Crippen molar-refractivity contribution in [1.82, 2.24) is 0 Å². The maximum Gasteiger partial charge on any atom is 0.323 e. The molecule has 1 rings (SSSR count). The summed E-state index contributed by atoms with van der Waals surface area (Å²) >= 11 is 0. The van der Waals surface area contributed by atoms with E-state index in [9.17, 15) is 19.5 Å². The van der Waals surface area contributed by atoms with Crippen molar-refractivity contribution in [1.29, 1.82) is 0 Å². The lowest BCUT2D eigenvalue weighted by molar-refractivity contribution is -0.159. The fraction of sp³-hybridized carbons (Fsp3) is 0.545. The molecule has 0 aliphatic heterocycles. The lowest BCUT2D eigenvalue weighted by Gasteiger charge is -2.38. The van der Waals surface area contributed by atoms with E-state index in [0.29, 0.717) is 0 Å². The third-order valence-corrected chi connectivity index (χ3v) is 3.40. The fourth-order valence-electron chi connectivity index (χ4n) is 2.11. The Morgan fingerprint density at radius 1 is 1.29 bits per heavy atom. The van der Waals surface area contributed by atoms with Crippen LogP contribution in [0.15, 0.2) is 11.8 Å². The van der Waals surface area contributed by atoms with Gasteiger partial charge in [0, 0.05) is 5.70 Å². The molecule has 2 atom stereocenters. The molecule has 0 amide bonds. The molecule has 0 saturated heterocycles. The summed E-state index contributed by atoms with van der Waals surface area (Å²) in [6.45, 7) is 2.53. The van der Waals surface area contributed by atoms with Gasteiger partial charge in [-0.1, -0.05) is 6.08 Å². The van der Waals surface area contributed by atoms with Crippen molar-refractivity contribution in [3.63, 3.8) is 0 Å². The van der Waals surface area contributed by atoms with Gasteiger partial charge in [0.2, 0.25) is 0 Å². The quantitative estimate of drug-likeness (QED) is 0.614. The molecule has 0 spiro atoms. The zero-order valence-corrected chi connectivity index (χ0v) is 9.69. The third-order valence-electron chi connectivity index (χ3n) is 3.40. The molecule has 0 saturated carbocycles. The van der Waals surface area contributed by atoms with Gasteiger partial charge in [-0.2, -0.15) is 0 Å². The molecule has 4 N–H and O–H groups in total. The van der Waals surface area contributed by atoms with Crippen molar-refractivity contribution in [2.75, 3.05) is 0 Å². The average molecular weight is 241 g/mol. The monoisotopic (exact) mass is 241 g/mol. The van der Waals surface area contributed by atoms with Crippen LogP contribution in [-0.4, -0.2) is 27.9 Å². The smallest absolute Gasteiger partial charge is 0.323 e. The van der Waals surface area contributed by atoms with E-state index in [-0.39, 0.29) is 18.5 Å². The zero-order valence-electron chi connectivity index (χ0n) is 9.69. The number of aliphatic carboxylic acids is 2. The number of carboxylic acids is 2. The first-order chi connectivity index (χ1) is 7.67. The highest BCUT2D eigenvalue weighted by molar-refractivity contribution is 6.06. The number of carboxylic acid groups (broad SMARTS) is 2. The Morgan fingerprint density at radius 2 is 1.82 bits per heavy atom. The highest BCUT2D eigenvalue weighted by Gasteiger charge is 2.55. The van der Waals surface area contributed by atoms with Gasteiger partial charge in [0.15, 0.2) is 11.2 Å². The van der Waals surface area contributed by atoms with Crippen LogP contribution < -0.4 is 5.73 Å². The minimum absolute atomic E-state index is 0.0729. The Labute approximate surface area is 98.1 Å². The topological polar surface area (TPSA) is 118 Å². The standard InChI is InChI=1S/C11H15NO5/c1-6(13)11(9(16)17)5-10(2,8(14)15)4-3-7(11)12/h3H,4-5,12H2,1-2H3,(H,14,15)(H,16,17). The molecule has 0 bridgehead atoms. The Morgan fingerprint density at radius 3 is 2.18 bits per heavy atom. The van der Waals surface area contributed by atoms with Gasteiger partial charge >= 0.3 is 11.9 Å². The first-order valence-corrected chi connectivity index (χ1v) is 5.11. The molecular formula is C11H15NO5. The van der Waals surface area contributed by atoms with Gasteiger partial charge < -0.3 is 15.9 Å². The molecule has 0 aromatic rings. The lowest BCUT2D eigenvalue weighted by Crippen LogP contribution is -2.50. The summed E-state index contributed by atoms with van der Waals surface area (Å²) in [5, 5.41) is 18.3. The first-order valence-electron chi connectivity index (χ1n) is 5.11. The van der Waals surface area contributed by atoms with Crippen LogP contribution in [-0.2, 0) is 14.4 Å². The third kappa shape index (κ3) is 1.79. The van der Waals surface area contributed by atoms with Crippen LogP contribution in [0, 0.1) is 10.8 Å². The summed E-state index contributed by atoms with van der Waals surface area (Å²) in [5.74, 6) is -3.18. The molecule has 1 aliphatic rings. The summed E-state index contributed by atoms with van der Waals surface area (Å²) in [4.78, 5) is 34.0. The number of Topliss-reactive ketones (excluding diaryl/α,β-unsaturated/α-hetero) is 1. The number of hydrogen-bond acceptors (Lipinski definition) is 4. The van der Waals surface area contributed by atoms with E-state index in [4.69, 9.17) is 10.8 Å². The SMILES string of the molecule is CC(=O)C1(C(=O)O)CC(C)(C(=O)O)CC=C1N. The molecule has 0 heterocycles. The molecule has 1 aliphatic carbocycles. The molecule has 2 unspecified atom stereocenters. The van der Waals surface area contributed by atoms with Crippen molar-refractivity contribution in [2.45, 2.75) is 26.7 Å². The van der Waals surface area contributed by atoms with E-state index >= 15 is 0 Å². The minimum atomic E-state index is -1.91. The molecule has 6 heteroatoms. The maximum absolute atomic E-state index is 11.6. The second-order valence-corrected chi connectivity index (χ2v) is 4.67. The van der Waals surface area contributed by atoms with Gasteiger partial charge in [0.05, 0.1) is 5.41 Å². The number of carbonyl (C=O) groups excluding carboxylic acids is 1. The molecule has 0 aromatic carbocycles. The van der Waals surface area contributed by atoms with Gasteiger partial charge in [-0.15, -0.1) is 0 Å². The Balaban J connectivity index is 3.37. The number of hydrogen-bond donors (Lipinski definition) is 3. The lowest BCUT2D eigenvalue weighted by atomic mass is 9.63. The summed E-state index contributed by atoms with van der Waals surface area (Å²) in [7, 11) is 0. The molecule has 94 valence electrons. The average Bonchev–Trinajstić information content (AvgIpc) is 2.20. The predicted molar refractivity (Wildman–Crippen MR) is 58.0 cm³/mol. The van der Waals surface area contributed by atoms with Crippen LogP contribution in [0.5, 0.6) is 0 Å². The second-order valence-electron chi connectivity index (χ2n) is 4.67. The van der Waals surface area contributed by atoms with Gasteiger partial charge in [0.25, 0.3) is 0 Å². The van der Waals surface area contributed by atoms with E-state index < -0.39 is 28.6 Å². The van der Waals surface area contributed by atoms with E-state index in [1.807, 2.05) is 0 Å². The molecule has 0 aromatic heterocycles. The van der Waals surface area contributed by atoms with Gasteiger partial charge in [-0.3, -0.25) is 14.4 Å². The summed E-state index contributed by atoms with van der Waals surface area (Å²) in [6.07, 6.45) is 1.13. The van der Waals surface area contributed by atoms with Crippen LogP contribution in [0.1, 0.15) is 26.7 Å². The number of nitrogens with two attached hydrogens (primary N) is 1. The van der Waals surface area contributed by atoms with Gasteiger partial charge in [0.1, 0.15) is 0 Å². The van der Waals surface area contributed by atoms with Crippen molar-refractivity contribution in [3.8, 4) is 0 Å². The van der Waals surface area contributed by atoms with Gasteiger partial charge in [-0.25, -0.2) is 0 Å². The molecule has 0 fully saturated rings. The van der Waals surface area contributed by atoms with Crippen LogP contribution in [0.3, 0.4) is 0 Å². The predicted octanol–water partition coefficient (Wildman–Crippen LogP) is 0.374. The highest BCUT2D eigenvalue weighted by Crippen LogP contribution is 2.45. The van der Waals surface area contributed by atoms with Crippen LogP contribution in [0.4, 0.5) is 0 Å². The molecule has 0 radical (unpaired) electrons. The number of ketones is 1. The number of carbonyl (C=O) groups is 3. The first kappa shape index (κ1) is 13.2. The van der Waals surface area contributed by atoms with Crippen LogP contribution >= 0.6 is 0 Å². The van der Waals surface area contributed by atoms with Crippen LogP contribution in [0.25, 0.3) is 0 Å². The minimum Gasteiger partial charge on any atom is -0.481 e. The molecular weight excluding hydrogens is 226 g/mol. The van der Waals surface area contributed by atoms with Crippen molar-refractivity contribution in [3.05, 3.63) is 11.8 Å². The van der Waals surface area contributed by atoms with E-state index in [0.717, 1.165) is 6.92 Å². The summed E-state index contributed by atoms with van der Waals surface area (Å²) in [5.41, 5.74) is 2.33. The normalized spacial score (nSPS) is 32.7. The summed E-state index contributed by atoms with van der Waals surface area (Å²) in [6, 6.07) is 0. The Hall–Kier alpha value is -1.85. The van der Waals surface area contributed by atoms with E-state index in [2.05, 4.69) is 0 Å². The van der Waals surface area contributed by atoms with Crippen molar-refractivity contribution in [2.24, 2.45) is 16.6 Å². The Bertz CT molecular complexity index is 412. The molecule has 17 heavy (non-hydrogen) atoms. The van der Waals surface area contributed by atoms with Crippen molar-refractivity contribution >= 4 is 17.7 Å². The zero-order chi connectivity index (χ0) is 13.4. The highest BCUT2D eigenvalue weighted by atomic mass is 16.4. The van der Waals surface area contributed by atoms with Crippen molar-refractivity contribution < 1.29 is 24.6 Å². The van der Waals surface area contributed by atoms with E-state index in [1.165, 1.54) is 13.0 Å². The van der Waals surface area contributed by atoms with E-state index in [1.54, 1.807) is 0 Å². The number of rotatable bonds is 3. The fourth-order valence-corrected chi connectivity index (χ4v) is 2.11. The molecule has 6 nitrogen and oxygen atoms in total. The summed E-state index contributed by atoms with van der Waals surface area (Å²) < 4.78 is 0. The number of allylic oxidation sites excluding steroid dienone is 1. The van der Waals surface area contributed by atoms with Gasteiger partial charge in [-0.05, 0) is 26.7 Å². The second kappa shape index (κ2) is 3.87. The largest absolute Gasteiger partial charge is 0.481 e. The van der Waals surface area contributed by atoms with Crippen LogP contribution in [0.2, 0.25) is 0 Å².